The van der Waals surface area contributed by atoms with Crippen molar-refractivity contribution in [1.29, 1.82) is 0 Å². The summed E-state index contributed by atoms with van der Waals surface area (Å²) in [5.41, 5.74) is 1.43. The monoisotopic (exact) mass is 394 g/mol. The first-order valence-electron chi connectivity index (χ1n) is 11.0. The Morgan fingerprint density at radius 2 is 1.66 bits per heavy atom. The molecule has 0 spiro atoms. The van der Waals surface area contributed by atoms with Crippen LogP contribution in [0.1, 0.15) is 75.0 Å². The lowest BCUT2D eigenvalue weighted by Crippen LogP contribution is -2.23. The van der Waals surface area contributed by atoms with Gasteiger partial charge in [-0.3, -0.25) is 0 Å². The van der Waals surface area contributed by atoms with Gasteiger partial charge in [0.05, 0.1) is 0 Å². The summed E-state index contributed by atoms with van der Waals surface area (Å²) in [5.74, 6) is -0.402. The van der Waals surface area contributed by atoms with Gasteiger partial charge in [0.25, 0.3) is 0 Å². The summed E-state index contributed by atoms with van der Waals surface area (Å²) in [6.07, 6.45) is 15.8. The standard InChI is InChI=1S/C27H32F2/c1-2-3-4-5-6-7-8-13-22-14-11-15-23(20-22)26-18-9-10-19-27(26,29)24-16-12-17-25(28)21-24/h9-12,14-18,20-21H,2-8,13,19H2,1H3. The van der Waals surface area contributed by atoms with E-state index < -0.39 is 11.5 Å². The van der Waals surface area contributed by atoms with Crippen LogP contribution in [0.4, 0.5) is 8.78 Å². The van der Waals surface area contributed by atoms with E-state index in [2.05, 4.69) is 19.1 Å². The lowest BCUT2D eigenvalue weighted by molar-refractivity contribution is 0.249. The maximum absolute atomic E-state index is 16.1. The number of aryl methyl sites for hydroxylation is 1. The zero-order valence-electron chi connectivity index (χ0n) is 17.5. The van der Waals surface area contributed by atoms with Crippen LogP contribution in [0, 0.1) is 5.82 Å². The van der Waals surface area contributed by atoms with Gasteiger partial charge in [0.2, 0.25) is 0 Å². The van der Waals surface area contributed by atoms with E-state index in [0.29, 0.717) is 11.1 Å². The van der Waals surface area contributed by atoms with Crippen molar-refractivity contribution in [3.05, 3.63) is 89.3 Å². The van der Waals surface area contributed by atoms with E-state index in [1.165, 1.54) is 62.6 Å². The van der Waals surface area contributed by atoms with Crippen molar-refractivity contribution in [2.75, 3.05) is 0 Å². The Morgan fingerprint density at radius 1 is 0.897 bits per heavy atom. The third-order valence-electron chi connectivity index (χ3n) is 5.81. The van der Waals surface area contributed by atoms with Crippen molar-refractivity contribution in [2.45, 2.75) is 70.4 Å². The first-order valence-corrected chi connectivity index (χ1v) is 11.0. The van der Waals surface area contributed by atoms with E-state index in [4.69, 9.17) is 0 Å². The van der Waals surface area contributed by atoms with Crippen molar-refractivity contribution in [1.82, 2.24) is 0 Å². The average molecular weight is 395 g/mol. The van der Waals surface area contributed by atoms with Crippen molar-refractivity contribution in [3.63, 3.8) is 0 Å². The molecular weight excluding hydrogens is 362 g/mol. The van der Waals surface area contributed by atoms with E-state index in [-0.39, 0.29) is 6.42 Å². The Bertz CT molecular complexity index is 849. The highest BCUT2D eigenvalue weighted by Gasteiger charge is 2.37. The molecule has 0 nitrogen and oxygen atoms in total. The molecule has 29 heavy (non-hydrogen) atoms. The summed E-state index contributed by atoms with van der Waals surface area (Å²) < 4.78 is 29.9. The Labute approximate surface area is 174 Å². The van der Waals surface area contributed by atoms with Gasteiger partial charge in [-0.25, -0.2) is 8.78 Å². The molecule has 0 heterocycles. The zero-order valence-corrected chi connectivity index (χ0v) is 17.5. The molecule has 0 N–H and O–H groups in total. The number of allylic oxidation sites excluding steroid dienone is 4. The summed E-state index contributed by atoms with van der Waals surface area (Å²) in [6, 6.07) is 14.1. The highest BCUT2D eigenvalue weighted by Crippen LogP contribution is 2.45. The fourth-order valence-corrected chi connectivity index (χ4v) is 4.15. The highest BCUT2D eigenvalue weighted by molar-refractivity contribution is 5.76. The van der Waals surface area contributed by atoms with Crippen LogP contribution in [-0.4, -0.2) is 0 Å². The first kappa shape index (κ1) is 21.5. The minimum atomic E-state index is -1.70. The number of hydrogen-bond donors (Lipinski definition) is 0. The Morgan fingerprint density at radius 3 is 2.45 bits per heavy atom. The number of alkyl halides is 1. The van der Waals surface area contributed by atoms with Gasteiger partial charge in [-0.05, 0) is 41.7 Å². The summed E-state index contributed by atoms with van der Waals surface area (Å²) in [4.78, 5) is 0. The van der Waals surface area contributed by atoms with Gasteiger partial charge < -0.3 is 0 Å². The number of unbranched alkanes of at least 4 members (excludes halogenated alkanes) is 6. The Balaban J connectivity index is 1.70. The molecule has 2 heteroatoms. The van der Waals surface area contributed by atoms with Crippen molar-refractivity contribution >= 4 is 5.57 Å². The molecule has 0 aromatic heterocycles. The topological polar surface area (TPSA) is 0 Å². The van der Waals surface area contributed by atoms with Crippen LogP contribution in [0.3, 0.4) is 0 Å². The fraction of sp³-hybridized carbons (Fsp3) is 0.407. The second kappa shape index (κ2) is 10.5. The Hall–Kier alpha value is -2.22. The largest absolute Gasteiger partial charge is 0.233 e. The molecule has 0 aliphatic heterocycles. The van der Waals surface area contributed by atoms with Crippen LogP contribution in [0.5, 0.6) is 0 Å². The maximum Gasteiger partial charge on any atom is 0.165 e. The number of benzene rings is 2. The van der Waals surface area contributed by atoms with Crippen molar-refractivity contribution in [3.8, 4) is 0 Å². The second-order valence-corrected chi connectivity index (χ2v) is 8.10. The van der Waals surface area contributed by atoms with Crippen LogP contribution >= 0.6 is 0 Å². The van der Waals surface area contributed by atoms with Gasteiger partial charge in [0.15, 0.2) is 5.67 Å². The molecule has 0 bridgehead atoms. The van der Waals surface area contributed by atoms with E-state index in [9.17, 15) is 4.39 Å². The normalized spacial score (nSPS) is 18.7. The zero-order chi connectivity index (χ0) is 20.5. The SMILES string of the molecule is CCCCCCCCCc1cccc(C2=CC=CCC2(F)c2cccc(F)c2)c1. The van der Waals surface area contributed by atoms with Crippen LogP contribution in [-0.2, 0) is 12.1 Å². The second-order valence-electron chi connectivity index (χ2n) is 8.10. The third-order valence-corrected chi connectivity index (χ3v) is 5.81. The predicted molar refractivity (Wildman–Crippen MR) is 119 cm³/mol. The van der Waals surface area contributed by atoms with Gasteiger partial charge in [-0.15, -0.1) is 0 Å². The lowest BCUT2D eigenvalue weighted by atomic mass is 9.78. The molecule has 2 aromatic carbocycles. The summed E-state index contributed by atoms with van der Waals surface area (Å²) in [5, 5.41) is 0. The number of rotatable bonds is 10. The van der Waals surface area contributed by atoms with Gasteiger partial charge in [0, 0.05) is 12.0 Å². The molecule has 0 saturated carbocycles. The maximum atomic E-state index is 16.1. The minimum Gasteiger partial charge on any atom is -0.233 e. The van der Waals surface area contributed by atoms with Crippen LogP contribution < -0.4 is 0 Å². The molecule has 1 atom stereocenters. The molecule has 0 radical (unpaired) electrons. The summed E-state index contributed by atoms with van der Waals surface area (Å²) >= 11 is 0. The molecular formula is C27H32F2. The fourth-order valence-electron chi connectivity index (χ4n) is 4.15. The molecule has 1 unspecified atom stereocenters. The third kappa shape index (κ3) is 5.65. The van der Waals surface area contributed by atoms with Gasteiger partial charge in [-0.1, -0.05) is 100 Å². The number of hydrogen-bond acceptors (Lipinski definition) is 0. The quantitative estimate of drug-likeness (QED) is 0.355. The van der Waals surface area contributed by atoms with E-state index >= 15 is 4.39 Å². The molecule has 3 rings (SSSR count). The van der Waals surface area contributed by atoms with Crippen molar-refractivity contribution < 1.29 is 8.78 Å². The van der Waals surface area contributed by atoms with Gasteiger partial charge in [0.1, 0.15) is 5.82 Å². The average Bonchev–Trinajstić information content (AvgIpc) is 2.74. The van der Waals surface area contributed by atoms with Crippen LogP contribution in [0.2, 0.25) is 0 Å². The van der Waals surface area contributed by atoms with E-state index in [0.717, 1.165) is 12.0 Å². The minimum absolute atomic E-state index is 0.226. The van der Waals surface area contributed by atoms with E-state index in [1.807, 2.05) is 30.4 Å². The van der Waals surface area contributed by atoms with Crippen LogP contribution in [0.25, 0.3) is 5.57 Å². The smallest absolute Gasteiger partial charge is 0.165 e. The first-order chi connectivity index (χ1) is 14.1. The summed E-state index contributed by atoms with van der Waals surface area (Å²) in [7, 11) is 0. The van der Waals surface area contributed by atoms with Crippen molar-refractivity contribution in [2.24, 2.45) is 0 Å². The van der Waals surface area contributed by atoms with Gasteiger partial charge in [-0.2, -0.15) is 0 Å². The summed E-state index contributed by atoms with van der Waals surface area (Å²) in [6.45, 7) is 2.24. The van der Waals surface area contributed by atoms with E-state index in [1.54, 1.807) is 12.1 Å². The molecule has 0 saturated heterocycles. The lowest BCUT2D eigenvalue weighted by Gasteiger charge is -2.30. The Kier molecular flexibility index (Phi) is 7.80. The molecule has 1 aliphatic rings. The molecule has 2 aromatic rings. The highest BCUT2D eigenvalue weighted by atomic mass is 19.1. The number of halogens is 2. The predicted octanol–water partition coefficient (Wildman–Crippen LogP) is 8.33. The molecule has 0 amide bonds. The van der Waals surface area contributed by atoms with Crippen LogP contribution in [0.15, 0.2) is 66.8 Å². The molecule has 154 valence electrons. The van der Waals surface area contributed by atoms with Gasteiger partial charge >= 0.3 is 0 Å². The molecule has 1 aliphatic carbocycles. The molecule has 0 fully saturated rings.